The normalized spacial score (nSPS) is 10.8. The van der Waals surface area contributed by atoms with E-state index in [-0.39, 0.29) is 0 Å². The van der Waals surface area contributed by atoms with Crippen LogP contribution in [-0.4, -0.2) is 21.3 Å². The van der Waals surface area contributed by atoms with E-state index < -0.39 is 0 Å². The molecule has 0 atom stereocenters. The van der Waals surface area contributed by atoms with Gasteiger partial charge in [0.2, 0.25) is 5.75 Å². The van der Waals surface area contributed by atoms with Gasteiger partial charge < -0.3 is 14.2 Å². The largest absolute Gasteiger partial charge is 0.493 e. The highest BCUT2D eigenvalue weighted by atomic mass is 16.5. The van der Waals surface area contributed by atoms with Crippen LogP contribution in [0.25, 0.3) is 0 Å². The van der Waals surface area contributed by atoms with Crippen LogP contribution in [0.2, 0.25) is 0 Å². The van der Waals surface area contributed by atoms with Crippen LogP contribution in [0.3, 0.4) is 0 Å². The molecule has 1 aromatic rings. The minimum atomic E-state index is 0.692. The molecule has 0 N–H and O–H groups in total. The predicted molar refractivity (Wildman–Crippen MR) is 87.7 cm³/mol. The van der Waals surface area contributed by atoms with Gasteiger partial charge >= 0.3 is 0 Å². The number of aryl methyl sites for hydroxylation is 1. The first kappa shape index (κ1) is 17.7. The Morgan fingerprint density at radius 3 is 2.05 bits per heavy atom. The van der Waals surface area contributed by atoms with Crippen LogP contribution in [0, 0.1) is 5.92 Å². The molecule has 3 heteroatoms. The van der Waals surface area contributed by atoms with Gasteiger partial charge in [0, 0.05) is 0 Å². The standard InChI is InChI=1S/C18H30O3/c1-14(2)10-8-6-7-9-11-15-12-13-16(19-3)18(21-5)17(15)20-4/h12-14H,6-11H2,1-5H3. The van der Waals surface area contributed by atoms with Crippen molar-refractivity contribution in [3.05, 3.63) is 17.7 Å². The molecule has 0 bridgehead atoms. The average Bonchev–Trinajstić information content (AvgIpc) is 2.49. The van der Waals surface area contributed by atoms with E-state index in [1.807, 2.05) is 6.07 Å². The molecule has 0 heterocycles. The summed E-state index contributed by atoms with van der Waals surface area (Å²) >= 11 is 0. The second-order valence-electron chi connectivity index (χ2n) is 5.84. The highest BCUT2D eigenvalue weighted by Crippen LogP contribution is 2.40. The van der Waals surface area contributed by atoms with Crippen molar-refractivity contribution in [3.8, 4) is 17.2 Å². The molecule has 0 spiro atoms. The van der Waals surface area contributed by atoms with Crippen molar-refractivity contribution < 1.29 is 14.2 Å². The quantitative estimate of drug-likeness (QED) is 0.577. The van der Waals surface area contributed by atoms with Gasteiger partial charge in [-0.1, -0.05) is 45.6 Å². The summed E-state index contributed by atoms with van der Waals surface area (Å²) in [6, 6.07) is 4.03. The van der Waals surface area contributed by atoms with E-state index in [4.69, 9.17) is 14.2 Å². The molecular weight excluding hydrogens is 264 g/mol. The lowest BCUT2D eigenvalue weighted by Gasteiger charge is -2.15. The molecular formula is C18H30O3. The Kier molecular flexibility index (Phi) is 8.03. The Morgan fingerprint density at radius 2 is 1.48 bits per heavy atom. The van der Waals surface area contributed by atoms with Crippen LogP contribution < -0.4 is 14.2 Å². The third-order valence-corrected chi connectivity index (χ3v) is 3.76. The van der Waals surface area contributed by atoms with Gasteiger partial charge in [-0.05, 0) is 30.4 Å². The van der Waals surface area contributed by atoms with Crippen LogP contribution in [0.5, 0.6) is 17.2 Å². The zero-order valence-electron chi connectivity index (χ0n) is 14.2. The maximum Gasteiger partial charge on any atom is 0.203 e. The van der Waals surface area contributed by atoms with Crippen LogP contribution >= 0.6 is 0 Å². The highest BCUT2D eigenvalue weighted by Gasteiger charge is 2.15. The molecule has 0 unspecified atom stereocenters. The first-order chi connectivity index (χ1) is 10.1. The Labute approximate surface area is 129 Å². The van der Waals surface area contributed by atoms with Crippen LogP contribution in [0.4, 0.5) is 0 Å². The smallest absolute Gasteiger partial charge is 0.203 e. The average molecular weight is 294 g/mol. The molecule has 0 aliphatic carbocycles. The summed E-state index contributed by atoms with van der Waals surface area (Å²) in [5.74, 6) is 3.03. The summed E-state index contributed by atoms with van der Waals surface area (Å²) < 4.78 is 16.2. The summed E-state index contributed by atoms with van der Waals surface area (Å²) in [5.41, 5.74) is 1.19. The molecule has 0 aliphatic heterocycles. The fraction of sp³-hybridized carbons (Fsp3) is 0.667. The Hall–Kier alpha value is -1.38. The second kappa shape index (κ2) is 9.54. The van der Waals surface area contributed by atoms with Crippen molar-refractivity contribution >= 4 is 0 Å². The second-order valence-corrected chi connectivity index (χ2v) is 5.84. The molecule has 1 aromatic carbocycles. The van der Waals surface area contributed by atoms with Gasteiger partial charge in [-0.15, -0.1) is 0 Å². The zero-order valence-corrected chi connectivity index (χ0v) is 14.2. The summed E-state index contributed by atoms with van der Waals surface area (Å²) in [6.07, 6.45) is 7.45. The molecule has 0 radical (unpaired) electrons. The van der Waals surface area contributed by atoms with E-state index in [9.17, 15) is 0 Å². The lowest BCUT2D eigenvalue weighted by atomic mass is 10.0. The Balaban J connectivity index is 2.55. The molecule has 0 aliphatic rings. The number of methoxy groups -OCH3 is 3. The third kappa shape index (κ3) is 5.49. The van der Waals surface area contributed by atoms with E-state index in [0.717, 1.165) is 23.8 Å². The molecule has 0 amide bonds. The van der Waals surface area contributed by atoms with Crippen molar-refractivity contribution in [2.24, 2.45) is 5.92 Å². The summed E-state index contributed by atoms with van der Waals surface area (Å²) in [7, 11) is 4.98. The molecule has 3 nitrogen and oxygen atoms in total. The van der Waals surface area contributed by atoms with Crippen molar-refractivity contribution in [1.29, 1.82) is 0 Å². The van der Waals surface area contributed by atoms with Crippen molar-refractivity contribution in [2.45, 2.75) is 52.4 Å². The molecule has 0 fully saturated rings. The minimum Gasteiger partial charge on any atom is -0.493 e. The molecule has 0 saturated heterocycles. The fourth-order valence-corrected chi connectivity index (χ4v) is 2.58. The topological polar surface area (TPSA) is 27.7 Å². The van der Waals surface area contributed by atoms with Crippen molar-refractivity contribution in [2.75, 3.05) is 21.3 Å². The predicted octanol–water partition coefficient (Wildman–Crippen LogP) is 4.86. The Bertz CT molecular complexity index is 413. The third-order valence-electron chi connectivity index (χ3n) is 3.76. The van der Waals surface area contributed by atoms with Gasteiger partial charge in [0.15, 0.2) is 11.5 Å². The molecule has 1 rings (SSSR count). The Morgan fingerprint density at radius 1 is 0.810 bits per heavy atom. The lowest BCUT2D eigenvalue weighted by Crippen LogP contribution is -1.99. The van der Waals surface area contributed by atoms with E-state index >= 15 is 0 Å². The number of unbranched alkanes of at least 4 members (excludes halogenated alkanes) is 3. The fourth-order valence-electron chi connectivity index (χ4n) is 2.58. The highest BCUT2D eigenvalue weighted by molar-refractivity contribution is 5.55. The van der Waals surface area contributed by atoms with Crippen LogP contribution in [0.15, 0.2) is 12.1 Å². The van der Waals surface area contributed by atoms with Crippen LogP contribution in [-0.2, 0) is 6.42 Å². The van der Waals surface area contributed by atoms with Gasteiger partial charge in [-0.25, -0.2) is 0 Å². The van der Waals surface area contributed by atoms with Crippen molar-refractivity contribution in [1.82, 2.24) is 0 Å². The molecule has 21 heavy (non-hydrogen) atoms. The summed E-state index contributed by atoms with van der Waals surface area (Å²) in [6.45, 7) is 4.57. The number of hydrogen-bond donors (Lipinski definition) is 0. The maximum atomic E-state index is 5.51. The van der Waals surface area contributed by atoms with Crippen LogP contribution in [0.1, 0.15) is 51.5 Å². The van der Waals surface area contributed by atoms with Gasteiger partial charge in [-0.2, -0.15) is 0 Å². The van der Waals surface area contributed by atoms with E-state index in [0.29, 0.717) is 5.75 Å². The minimum absolute atomic E-state index is 0.692. The van der Waals surface area contributed by atoms with E-state index in [1.165, 1.54) is 37.7 Å². The van der Waals surface area contributed by atoms with Gasteiger partial charge in [0.1, 0.15) is 0 Å². The molecule has 120 valence electrons. The zero-order chi connectivity index (χ0) is 15.7. The van der Waals surface area contributed by atoms with E-state index in [2.05, 4.69) is 19.9 Å². The molecule has 0 aromatic heterocycles. The maximum absolute atomic E-state index is 5.51. The number of ether oxygens (including phenoxy) is 3. The van der Waals surface area contributed by atoms with E-state index in [1.54, 1.807) is 21.3 Å². The first-order valence-electron chi connectivity index (χ1n) is 7.91. The lowest BCUT2D eigenvalue weighted by molar-refractivity contribution is 0.322. The summed E-state index contributed by atoms with van der Waals surface area (Å²) in [5, 5.41) is 0. The monoisotopic (exact) mass is 294 g/mol. The summed E-state index contributed by atoms with van der Waals surface area (Å²) in [4.78, 5) is 0. The number of benzene rings is 1. The van der Waals surface area contributed by atoms with Crippen molar-refractivity contribution in [3.63, 3.8) is 0 Å². The first-order valence-corrected chi connectivity index (χ1v) is 7.91. The van der Waals surface area contributed by atoms with Gasteiger partial charge in [0.05, 0.1) is 21.3 Å². The number of rotatable bonds is 10. The van der Waals surface area contributed by atoms with Gasteiger partial charge in [0.25, 0.3) is 0 Å². The molecule has 0 saturated carbocycles. The SMILES string of the molecule is COc1ccc(CCCCCCC(C)C)c(OC)c1OC. The van der Waals surface area contributed by atoms with Gasteiger partial charge in [-0.3, -0.25) is 0 Å². The number of hydrogen-bond acceptors (Lipinski definition) is 3.